The fourth-order valence-electron chi connectivity index (χ4n) is 3.88. The van der Waals surface area contributed by atoms with Crippen LogP contribution in [-0.2, 0) is 17.8 Å². The lowest BCUT2D eigenvalue weighted by Crippen LogP contribution is -2.43. The van der Waals surface area contributed by atoms with Gasteiger partial charge in [-0.1, -0.05) is 32.1 Å². The molecule has 4 nitrogen and oxygen atoms in total. The molecule has 2 aliphatic rings. The minimum Gasteiger partial charge on any atom is -0.469 e. The first-order valence-corrected chi connectivity index (χ1v) is 8.83. The number of nitrogens with zero attached hydrogens (tertiary/aromatic N) is 1. The van der Waals surface area contributed by atoms with Crippen LogP contribution in [0.15, 0.2) is 16.7 Å². The average Bonchev–Trinajstić information content (AvgIpc) is 2.90. The highest BCUT2D eigenvalue weighted by atomic mass is 16.3. The number of aryl methyl sites for hydroxylation is 1. The quantitative estimate of drug-likeness (QED) is 0.929. The Morgan fingerprint density at radius 3 is 2.95 bits per heavy atom. The Hall–Kier alpha value is -1.29. The zero-order chi connectivity index (χ0) is 15.4. The molecule has 4 heteroatoms. The maximum Gasteiger partial charge on any atom is 0.239 e. The molecule has 1 saturated carbocycles. The van der Waals surface area contributed by atoms with Gasteiger partial charge in [-0.15, -0.1) is 0 Å². The highest BCUT2D eigenvalue weighted by Gasteiger charge is 2.25. The maximum atomic E-state index is 12.6. The van der Waals surface area contributed by atoms with Crippen LogP contribution in [0.1, 0.15) is 62.7 Å². The Labute approximate surface area is 133 Å². The van der Waals surface area contributed by atoms with Crippen LogP contribution in [0.5, 0.6) is 0 Å². The topological polar surface area (TPSA) is 59.5 Å². The van der Waals surface area contributed by atoms with Gasteiger partial charge < -0.3 is 15.1 Å². The third-order valence-electron chi connectivity index (χ3n) is 5.27. The summed E-state index contributed by atoms with van der Waals surface area (Å²) in [5.41, 5.74) is 7.34. The van der Waals surface area contributed by atoms with E-state index < -0.39 is 0 Å². The van der Waals surface area contributed by atoms with Crippen LogP contribution in [0.4, 0.5) is 0 Å². The van der Waals surface area contributed by atoms with E-state index in [2.05, 4.69) is 0 Å². The second-order valence-corrected chi connectivity index (χ2v) is 6.92. The van der Waals surface area contributed by atoms with Crippen LogP contribution in [0.3, 0.4) is 0 Å². The second kappa shape index (κ2) is 7.32. The summed E-state index contributed by atoms with van der Waals surface area (Å²) in [6.07, 6.45) is 12.3. The van der Waals surface area contributed by atoms with Crippen LogP contribution in [0, 0.1) is 5.92 Å². The van der Waals surface area contributed by atoms with Gasteiger partial charge >= 0.3 is 0 Å². The Balaban J connectivity index is 1.51. The average molecular weight is 304 g/mol. The summed E-state index contributed by atoms with van der Waals surface area (Å²) < 4.78 is 5.48. The first-order valence-electron chi connectivity index (χ1n) is 8.83. The lowest BCUT2D eigenvalue weighted by molar-refractivity contribution is -0.133. The second-order valence-electron chi connectivity index (χ2n) is 6.92. The van der Waals surface area contributed by atoms with Crippen molar-refractivity contribution in [2.45, 2.75) is 70.4 Å². The summed E-state index contributed by atoms with van der Waals surface area (Å²) in [4.78, 5) is 14.5. The molecule has 0 aromatic carbocycles. The number of carbonyl (C=O) groups excluding carboxylic acids is 1. The van der Waals surface area contributed by atoms with E-state index in [1.54, 1.807) is 6.26 Å². The molecule has 0 unspecified atom stereocenters. The third kappa shape index (κ3) is 3.72. The van der Waals surface area contributed by atoms with Gasteiger partial charge in [0.15, 0.2) is 0 Å². The normalized spacial score (nSPS) is 21.2. The molecule has 1 aliphatic heterocycles. The number of carbonyl (C=O) groups is 1. The van der Waals surface area contributed by atoms with Gasteiger partial charge in [0.05, 0.1) is 12.3 Å². The van der Waals surface area contributed by atoms with E-state index in [1.165, 1.54) is 32.1 Å². The van der Waals surface area contributed by atoms with Crippen molar-refractivity contribution in [1.29, 1.82) is 0 Å². The van der Waals surface area contributed by atoms with E-state index in [0.717, 1.165) is 49.5 Å². The highest BCUT2D eigenvalue weighted by Crippen LogP contribution is 2.28. The summed E-state index contributed by atoms with van der Waals surface area (Å²) >= 11 is 0. The van der Waals surface area contributed by atoms with Gasteiger partial charge in [-0.2, -0.15) is 0 Å². The van der Waals surface area contributed by atoms with Crippen LogP contribution in [0.2, 0.25) is 0 Å². The number of amides is 1. The van der Waals surface area contributed by atoms with Crippen LogP contribution < -0.4 is 5.73 Å². The largest absolute Gasteiger partial charge is 0.469 e. The molecule has 0 bridgehead atoms. The minimum absolute atomic E-state index is 0.116. The molecule has 1 atom stereocenters. The molecule has 1 aromatic heterocycles. The molecule has 1 aliphatic carbocycles. The summed E-state index contributed by atoms with van der Waals surface area (Å²) in [5, 5.41) is 0. The molecule has 0 radical (unpaired) electrons. The Bertz CT molecular complexity index is 491. The fourth-order valence-corrected chi connectivity index (χ4v) is 3.88. The summed E-state index contributed by atoms with van der Waals surface area (Å²) in [5.74, 6) is 1.94. The number of nitrogens with two attached hydrogens (primary N) is 1. The molecule has 1 amide bonds. The van der Waals surface area contributed by atoms with Crippen LogP contribution >= 0.6 is 0 Å². The molecule has 22 heavy (non-hydrogen) atoms. The first kappa shape index (κ1) is 15.6. The predicted octanol–water partition coefficient (Wildman–Crippen LogP) is 3.24. The van der Waals surface area contributed by atoms with E-state index in [4.69, 9.17) is 10.2 Å². The lowest BCUT2D eigenvalue weighted by atomic mass is 9.85. The van der Waals surface area contributed by atoms with Crippen LogP contribution in [-0.4, -0.2) is 23.4 Å². The molecule has 0 saturated heterocycles. The number of hydrogen-bond donors (Lipinski definition) is 1. The van der Waals surface area contributed by atoms with E-state index in [-0.39, 0.29) is 11.9 Å². The van der Waals surface area contributed by atoms with E-state index in [9.17, 15) is 4.79 Å². The zero-order valence-electron chi connectivity index (χ0n) is 13.4. The van der Waals surface area contributed by atoms with Crippen molar-refractivity contribution in [3.63, 3.8) is 0 Å². The van der Waals surface area contributed by atoms with Gasteiger partial charge in [0, 0.05) is 25.1 Å². The smallest absolute Gasteiger partial charge is 0.239 e. The number of hydrogen-bond acceptors (Lipinski definition) is 3. The van der Waals surface area contributed by atoms with Gasteiger partial charge in [-0.3, -0.25) is 4.79 Å². The Morgan fingerprint density at radius 2 is 2.14 bits per heavy atom. The van der Waals surface area contributed by atoms with Crippen molar-refractivity contribution in [3.8, 4) is 0 Å². The van der Waals surface area contributed by atoms with E-state index >= 15 is 0 Å². The number of fused-ring (bicyclic) bond motifs is 1. The molecule has 3 rings (SSSR count). The van der Waals surface area contributed by atoms with Crippen molar-refractivity contribution < 1.29 is 9.21 Å². The van der Waals surface area contributed by atoms with Crippen molar-refractivity contribution in [2.75, 3.05) is 6.54 Å². The van der Waals surface area contributed by atoms with Gasteiger partial charge in [0.25, 0.3) is 0 Å². The summed E-state index contributed by atoms with van der Waals surface area (Å²) in [6.45, 7) is 1.45. The fraction of sp³-hybridized carbons (Fsp3) is 0.722. The van der Waals surface area contributed by atoms with Gasteiger partial charge in [0.2, 0.25) is 5.91 Å². The van der Waals surface area contributed by atoms with Gasteiger partial charge in [-0.25, -0.2) is 0 Å². The molecule has 2 heterocycles. The molecular formula is C18H28N2O2. The number of furan rings is 1. The van der Waals surface area contributed by atoms with Crippen molar-refractivity contribution in [3.05, 3.63) is 23.7 Å². The Morgan fingerprint density at radius 1 is 1.32 bits per heavy atom. The van der Waals surface area contributed by atoms with Gasteiger partial charge in [-0.05, 0) is 31.2 Å². The SMILES string of the molecule is N[C@@H](CCC1CCCCC1)C(=O)N1CCCc2occc2C1. The van der Waals surface area contributed by atoms with Crippen molar-refractivity contribution >= 4 is 5.91 Å². The summed E-state index contributed by atoms with van der Waals surface area (Å²) in [7, 11) is 0. The Kier molecular flexibility index (Phi) is 5.19. The lowest BCUT2D eigenvalue weighted by Gasteiger charge is -2.26. The monoisotopic (exact) mass is 304 g/mol. The summed E-state index contributed by atoms with van der Waals surface area (Å²) in [6, 6.07) is 1.64. The van der Waals surface area contributed by atoms with Gasteiger partial charge in [0.1, 0.15) is 5.76 Å². The molecule has 1 fully saturated rings. The van der Waals surface area contributed by atoms with Crippen molar-refractivity contribution in [1.82, 2.24) is 4.90 Å². The van der Waals surface area contributed by atoms with Crippen molar-refractivity contribution in [2.24, 2.45) is 11.7 Å². The molecule has 0 spiro atoms. The van der Waals surface area contributed by atoms with E-state index in [1.807, 2.05) is 11.0 Å². The standard InChI is InChI=1S/C18H28N2O2/c19-16(9-8-14-5-2-1-3-6-14)18(21)20-11-4-7-17-15(13-20)10-12-22-17/h10,12,14,16H,1-9,11,13,19H2/t16-/m0/s1. The van der Waals surface area contributed by atoms with Crippen LogP contribution in [0.25, 0.3) is 0 Å². The molecule has 122 valence electrons. The molecule has 1 aromatic rings. The first-order chi connectivity index (χ1) is 10.7. The number of rotatable bonds is 4. The zero-order valence-corrected chi connectivity index (χ0v) is 13.4. The molecular weight excluding hydrogens is 276 g/mol. The maximum absolute atomic E-state index is 12.6. The third-order valence-corrected chi connectivity index (χ3v) is 5.27. The van der Waals surface area contributed by atoms with E-state index in [0.29, 0.717) is 6.54 Å². The molecule has 2 N–H and O–H groups in total. The highest BCUT2D eigenvalue weighted by molar-refractivity contribution is 5.81. The predicted molar refractivity (Wildman–Crippen MR) is 86.2 cm³/mol. The minimum atomic E-state index is -0.338.